The van der Waals surface area contributed by atoms with Gasteiger partial charge in [0.05, 0.1) is 6.10 Å². The summed E-state index contributed by atoms with van der Waals surface area (Å²) in [7, 11) is 1.84. The first-order chi connectivity index (χ1) is 5.86. The highest BCUT2D eigenvalue weighted by molar-refractivity contribution is 7.99. The Kier molecular flexibility index (Phi) is 5.08. The molecule has 0 aromatic rings. The van der Waals surface area contributed by atoms with Crippen LogP contribution in [0.4, 0.5) is 0 Å². The van der Waals surface area contributed by atoms with Gasteiger partial charge in [-0.05, 0) is 37.9 Å². The molecule has 0 amide bonds. The van der Waals surface area contributed by atoms with E-state index in [0.29, 0.717) is 6.10 Å². The summed E-state index contributed by atoms with van der Waals surface area (Å²) < 4.78 is 5.33. The van der Waals surface area contributed by atoms with Gasteiger partial charge in [-0.2, -0.15) is 11.8 Å². The van der Waals surface area contributed by atoms with Crippen LogP contribution in [0.15, 0.2) is 0 Å². The second kappa shape index (κ2) is 5.87. The quantitative estimate of drug-likeness (QED) is 0.670. The van der Waals surface area contributed by atoms with Crippen molar-refractivity contribution in [3.05, 3.63) is 0 Å². The Bertz CT molecular complexity index is 108. The molecule has 0 N–H and O–H groups in total. The van der Waals surface area contributed by atoms with Gasteiger partial charge in [-0.3, -0.25) is 0 Å². The molecule has 1 fully saturated rings. The Labute approximate surface area is 80.3 Å². The summed E-state index contributed by atoms with van der Waals surface area (Å²) in [5.74, 6) is 1.34. The molecule has 0 aromatic carbocycles. The Morgan fingerprint density at radius 2 is 1.92 bits per heavy atom. The molecule has 1 rings (SSSR count). The maximum absolute atomic E-state index is 5.33. The van der Waals surface area contributed by atoms with Crippen molar-refractivity contribution in [3.63, 3.8) is 0 Å². The van der Waals surface area contributed by atoms with Crippen LogP contribution >= 0.6 is 11.8 Å². The number of ether oxygens (including phenoxy) is 1. The summed E-state index contributed by atoms with van der Waals surface area (Å²) in [6, 6.07) is 0. The Morgan fingerprint density at radius 3 is 2.42 bits per heavy atom. The lowest BCUT2D eigenvalue weighted by atomic mass is 9.97. The van der Waals surface area contributed by atoms with Crippen LogP contribution in [-0.2, 0) is 4.74 Å². The van der Waals surface area contributed by atoms with Crippen molar-refractivity contribution < 1.29 is 4.74 Å². The van der Waals surface area contributed by atoms with Gasteiger partial charge in [-0.15, -0.1) is 0 Å². The fourth-order valence-electron chi connectivity index (χ4n) is 1.72. The highest BCUT2D eigenvalue weighted by Crippen LogP contribution is 2.29. The van der Waals surface area contributed by atoms with Gasteiger partial charge in [0.15, 0.2) is 0 Å². The van der Waals surface area contributed by atoms with Gasteiger partial charge in [-0.25, -0.2) is 0 Å². The molecule has 0 radical (unpaired) electrons. The molecule has 1 aliphatic carbocycles. The maximum atomic E-state index is 5.33. The van der Waals surface area contributed by atoms with E-state index in [-0.39, 0.29) is 0 Å². The molecular weight excluding hydrogens is 168 g/mol. The third-order valence-electron chi connectivity index (χ3n) is 2.51. The topological polar surface area (TPSA) is 9.23 Å². The van der Waals surface area contributed by atoms with Crippen molar-refractivity contribution in [3.8, 4) is 0 Å². The van der Waals surface area contributed by atoms with E-state index in [0.717, 1.165) is 5.25 Å². The van der Waals surface area contributed by atoms with E-state index in [1.54, 1.807) is 0 Å². The van der Waals surface area contributed by atoms with Gasteiger partial charge in [0, 0.05) is 12.4 Å². The average molecular weight is 188 g/mol. The van der Waals surface area contributed by atoms with Crippen LogP contribution < -0.4 is 0 Å². The average Bonchev–Trinajstić information content (AvgIpc) is 2.15. The first-order valence-corrected chi connectivity index (χ1v) is 6.06. The predicted octanol–water partition coefficient (Wildman–Crippen LogP) is 3.09. The van der Waals surface area contributed by atoms with Gasteiger partial charge >= 0.3 is 0 Å². The van der Waals surface area contributed by atoms with Crippen molar-refractivity contribution in [1.82, 2.24) is 0 Å². The lowest BCUT2D eigenvalue weighted by molar-refractivity contribution is 0.0723. The maximum Gasteiger partial charge on any atom is 0.0572 e. The molecular formula is C10H20OS. The molecule has 0 heterocycles. The molecule has 1 nitrogen and oxygen atoms in total. The third kappa shape index (κ3) is 3.36. The van der Waals surface area contributed by atoms with Crippen LogP contribution in [0.3, 0.4) is 0 Å². The highest BCUT2D eigenvalue weighted by Gasteiger charge is 2.20. The molecule has 1 aliphatic rings. The van der Waals surface area contributed by atoms with Gasteiger partial charge in [0.1, 0.15) is 0 Å². The highest BCUT2D eigenvalue weighted by atomic mass is 32.2. The summed E-state index contributed by atoms with van der Waals surface area (Å²) in [5, 5.41) is 0.927. The van der Waals surface area contributed by atoms with Crippen molar-refractivity contribution >= 4 is 11.8 Å². The molecule has 12 heavy (non-hydrogen) atoms. The van der Waals surface area contributed by atoms with Gasteiger partial charge in [0.25, 0.3) is 0 Å². The molecule has 0 atom stereocenters. The third-order valence-corrected chi connectivity index (χ3v) is 4.10. The van der Waals surface area contributed by atoms with E-state index >= 15 is 0 Å². The number of rotatable bonds is 4. The smallest absolute Gasteiger partial charge is 0.0572 e. The largest absolute Gasteiger partial charge is 0.381 e. The first-order valence-electron chi connectivity index (χ1n) is 5.01. The van der Waals surface area contributed by atoms with Crippen molar-refractivity contribution in [2.45, 2.75) is 50.4 Å². The van der Waals surface area contributed by atoms with Crippen LogP contribution in [0.5, 0.6) is 0 Å². The van der Waals surface area contributed by atoms with Crippen molar-refractivity contribution in [2.75, 3.05) is 12.9 Å². The van der Waals surface area contributed by atoms with Crippen LogP contribution in [0.2, 0.25) is 0 Å². The van der Waals surface area contributed by atoms with E-state index in [1.165, 1.54) is 37.9 Å². The minimum absolute atomic E-state index is 0.559. The van der Waals surface area contributed by atoms with Crippen molar-refractivity contribution in [1.29, 1.82) is 0 Å². The summed E-state index contributed by atoms with van der Waals surface area (Å²) in [4.78, 5) is 0. The number of thioether (sulfide) groups is 1. The van der Waals surface area contributed by atoms with E-state index < -0.39 is 0 Å². The van der Waals surface area contributed by atoms with Gasteiger partial charge in [0.2, 0.25) is 0 Å². The fraction of sp³-hybridized carbons (Fsp3) is 1.00. The Balaban J connectivity index is 2.09. The Morgan fingerprint density at radius 1 is 1.25 bits per heavy atom. The van der Waals surface area contributed by atoms with Gasteiger partial charge in [-0.1, -0.05) is 6.92 Å². The normalized spacial score (nSPS) is 30.5. The molecule has 2 heteroatoms. The second-order valence-corrected chi connectivity index (χ2v) is 4.91. The fourth-order valence-corrected chi connectivity index (χ4v) is 2.89. The SMILES string of the molecule is CCCSC1CCC(OC)CC1. The molecule has 0 unspecified atom stereocenters. The van der Waals surface area contributed by atoms with E-state index in [4.69, 9.17) is 4.74 Å². The van der Waals surface area contributed by atoms with Crippen LogP contribution in [0.25, 0.3) is 0 Å². The Hall–Kier alpha value is 0.310. The van der Waals surface area contributed by atoms with Crippen LogP contribution in [0, 0.1) is 0 Å². The molecule has 0 bridgehead atoms. The monoisotopic (exact) mass is 188 g/mol. The minimum Gasteiger partial charge on any atom is -0.381 e. The zero-order chi connectivity index (χ0) is 8.81. The first kappa shape index (κ1) is 10.4. The molecule has 72 valence electrons. The molecule has 0 aliphatic heterocycles. The second-order valence-electron chi connectivity index (χ2n) is 3.51. The van der Waals surface area contributed by atoms with Gasteiger partial charge < -0.3 is 4.74 Å². The number of hydrogen-bond donors (Lipinski definition) is 0. The molecule has 1 saturated carbocycles. The van der Waals surface area contributed by atoms with E-state index in [2.05, 4.69) is 18.7 Å². The summed E-state index contributed by atoms with van der Waals surface area (Å²) in [5.41, 5.74) is 0. The zero-order valence-electron chi connectivity index (χ0n) is 8.21. The lowest BCUT2D eigenvalue weighted by Gasteiger charge is -2.26. The summed E-state index contributed by atoms with van der Waals surface area (Å²) in [6.45, 7) is 2.26. The van der Waals surface area contributed by atoms with Crippen molar-refractivity contribution in [2.24, 2.45) is 0 Å². The lowest BCUT2D eigenvalue weighted by Crippen LogP contribution is -2.21. The van der Waals surface area contributed by atoms with Crippen LogP contribution in [-0.4, -0.2) is 24.2 Å². The molecule has 0 spiro atoms. The number of methoxy groups -OCH3 is 1. The summed E-state index contributed by atoms with van der Waals surface area (Å²) >= 11 is 2.15. The zero-order valence-corrected chi connectivity index (χ0v) is 9.03. The minimum atomic E-state index is 0.559. The summed E-state index contributed by atoms with van der Waals surface area (Å²) in [6.07, 6.45) is 7.15. The van der Waals surface area contributed by atoms with Crippen LogP contribution in [0.1, 0.15) is 39.0 Å². The van der Waals surface area contributed by atoms with E-state index in [1.807, 2.05) is 7.11 Å². The predicted molar refractivity (Wildman–Crippen MR) is 55.8 cm³/mol. The molecule has 0 saturated heterocycles. The van der Waals surface area contributed by atoms with E-state index in [9.17, 15) is 0 Å². The molecule has 0 aromatic heterocycles. The number of hydrogen-bond acceptors (Lipinski definition) is 2. The standard InChI is InChI=1S/C10H20OS/c1-3-8-12-10-6-4-9(11-2)5-7-10/h9-10H,3-8H2,1-2H3.